The van der Waals surface area contributed by atoms with E-state index < -0.39 is 16.6 Å². The molecule has 0 unspecified atom stereocenters. The summed E-state index contributed by atoms with van der Waals surface area (Å²) < 4.78 is 6.52. The van der Waals surface area contributed by atoms with Crippen molar-refractivity contribution in [3.63, 3.8) is 0 Å². The average molecular weight is 300 g/mol. The molecule has 9 nitrogen and oxygen atoms in total. The number of rotatable bonds is 4. The number of carbonyl (C=O) groups excluding carboxylic acids is 1. The smallest absolute Gasteiger partial charge is 0.408 e. The number of aryl methyl sites for hydroxylation is 1. The quantitative estimate of drug-likeness (QED) is 0.375. The molecule has 2 rings (SSSR count). The number of aromatic nitrogens is 2. The zero-order chi connectivity index (χ0) is 14.9. The fraction of sp³-hybridized carbons (Fsp3) is 0.200. The molecule has 2 aromatic heterocycles. The van der Waals surface area contributed by atoms with Gasteiger partial charge < -0.3 is 14.5 Å². The Kier molecular flexibility index (Phi) is 3.72. The van der Waals surface area contributed by atoms with Crippen molar-refractivity contribution >= 4 is 23.3 Å². The van der Waals surface area contributed by atoms with Gasteiger partial charge in [0.05, 0.1) is 17.8 Å². The van der Waals surface area contributed by atoms with E-state index in [1.807, 2.05) is 5.43 Å². The second kappa shape index (κ2) is 5.31. The summed E-state index contributed by atoms with van der Waals surface area (Å²) in [4.78, 5) is 21.3. The van der Waals surface area contributed by atoms with Crippen LogP contribution in [0.5, 0.6) is 0 Å². The van der Waals surface area contributed by atoms with Gasteiger partial charge in [-0.3, -0.25) is 10.2 Å². The summed E-state index contributed by atoms with van der Waals surface area (Å²) in [6, 6.07) is 1.49. The number of hydrogen-bond acceptors (Lipinski definition) is 6. The Labute approximate surface area is 117 Å². The molecule has 0 aliphatic carbocycles. The number of nitrogen functional groups attached to an aromatic ring is 1. The summed E-state index contributed by atoms with van der Waals surface area (Å²) in [6.45, 7) is 1.84. The third-order valence-electron chi connectivity index (χ3n) is 2.58. The molecule has 0 aromatic carbocycles. The summed E-state index contributed by atoms with van der Waals surface area (Å²) >= 11 is 5.69. The lowest BCUT2D eigenvalue weighted by Crippen LogP contribution is -2.29. The molecule has 20 heavy (non-hydrogen) atoms. The van der Waals surface area contributed by atoms with E-state index >= 15 is 0 Å². The fourth-order valence-electron chi connectivity index (χ4n) is 1.63. The second-order valence-electron chi connectivity index (χ2n) is 3.92. The number of hydrogen-bond donors (Lipinski definition) is 2. The van der Waals surface area contributed by atoms with E-state index in [1.54, 1.807) is 6.92 Å². The number of nitrogens with zero attached hydrogens (tertiary/aromatic N) is 3. The van der Waals surface area contributed by atoms with E-state index in [1.165, 1.54) is 16.9 Å². The van der Waals surface area contributed by atoms with Crippen molar-refractivity contribution in [3.8, 4) is 0 Å². The Balaban J connectivity index is 2.26. The molecular weight excluding hydrogens is 290 g/mol. The first kappa shape index (κ1) is 14.0. The van der Waals surface area contributed by atoms with Crippen LogP contribution in [0.3, 0.4) is 0 Å². The Morgan fingerprint density at radius 1 is 1.70 bits per heavy atom. The Morgan fingerprint density at radius 2 is 2.40 bits per heavy atom. The van der Waals surface area contributed by atoms with Gasteiger partial charge in [0.1, 0.15) is 5.76 Å². The number of furan rings is 1. The molecule has 0 aliphatic rings. The summed E-state index contributed by atoms with van der Waals surface area (Å²) in [5.74, 6) is 4.55. The summed E-state index contributed by atoms with van der Waals surface area (Å²) in [6.07, 6.45) is 1.33. The van der Waals surface area contributed by atoms with Crippen LogP contribution < -0.4 is 11.3 Å². The molecule has 0 saturated heterocycles. The first-order chi connectivity index (χ1) is 9.42. The highest BCUT2D eigenvalue weighted by Crippen LogP contribution is 2.23. The van der Waals surface area contributed by atoms with Crippen molar-refractivity contribution in [2.45, 2.75) is 13.5 Å². The molecule has 2 heterocycles. The number of nitrogens with one attached hydrogen (secondary N) is 1. The highest BCUT2D eigenvalue weighted by Gasteiger charge is 2.21. The van der Waals surface area contributed by atoms with Crippen molar-refractivity contribution in [2.75, 3.05) is 0 Å². The van der Waals surface area contributed by atoms with E-state index in [0.29, 0.717) is 11.3 Å². The molecule has 0 spiro atoms. The molecule has 0 radical (unpaired) electrons. The molecular formula is C10H10ClN5O4. The highest BCUT2D eigenvalue weighted by molar-refractivity contribution is 6.32. The van der Waals surface area contributed by atoms with E-state index in [-0.39, 0.29) is 17.3 Å². The summed E-state index contributed by atoms with van der Waals surface area (Å²) in [5, 5.41) is 14.3. The average Bonchev–Trinajstić information content (AvgIpc) is 2.93. The minimum absolute atomic E-state index is 0.0488. The van der Waals surface area contributed by atoms with Gasteiger partial charge in [-0.1, -0.05) is 11.6 Å². The standard InChI is InChI=1S/C10H10ClN5O4/c1-5-6(2-8(20-5)10(17)13-12)3-15-4-7(11)9(14-15)16(18)19/h2,4H,3,12H2,1H3,(H,13,17). The van der Waals surface area contributed by atoms with Crippen LogP contribution in [0.25, 0.3) is 0 Å². The maximum atomic E-state index is 11.3. The Hall–Kier alpha value is -2.39. The number of nitro groups is 1. The molecule has 0 atom stereocenters. The monoisotopic (exact) mass is 299 g/mol. The minimum atomic E-state index is -0.672. The van der Waals surface area contributed by atoms with Crippen LogP contribution in [0, 0.1) is 17.0 Å². The molecule has 0 aliphatic heterocycles. The highest BCUT2D eigenvalue weighted by atomic mass is 35.5. The fourth-order valence-corrected chi connectivity index (χ4v) is 1.85. The first-order valence-electron chi connectivity index (χ1n) is 5.40. The van der Waals surface area contributed by atoms with Gasteiger partial charge in [-0.05, 0) is 17.9 Å². The Morgan fingerprint density at radius 3 is 2.95 bits per heavy atom. The van der Waals surface area contributed by atoms with Gasteiger partial charge in [0, 0.05) is 5.56 Å². The van der Waals surface area contributed by atoms with Crippen molar-refractivity contribution in [2.24, 2.45) is 5.84 Å². The van der Waals surface area contributed by atoms with Crippen LogP contribution in [0.15, 0.2) is 16.7 Å². The molecule has 3 N–H and O–H groups in total. The maximum Gasteiger partial charge on any atom is 0.408 e. The summed E-state index contributed by atoms with van der Waals surface area (Å²) in [5.41, 5.74) is 2.59. The Bertz CT molecular complexity index is 677. The predicted molar refractivity (Wildman–Crippen MR) is 68.1 cm³/mol. The number of halogens is 1. The van der Waals surface area contributed by atoms with Crippen molar-refractivity contribution in [1.29, 1.82) is 0 Å². The SMILES string of the molecule is Cc1oc(C(=O)NN)cc1Cn1cc(Cl)c([N+](=O)[O-])n1. The van der Waals surface area contributed by atoms with Crippen LogP contribution in [0.1, 0.15) is 21.9 Å². The van der Waals surface area contributed by atoms with E-state index in [0.717, 1.165) is 0 Å². The van der Waals surface area contributed by atoms with Gasteiger partial charge in [0.2, 0.25) is 0 Å². The van der Waals surface area contributed by atoms with Gasteiger partial charge in [-0.15, -0.1) is 0 Å². The largest absolute Gasteiger partial charge is 0.456 e. The molecule has 1 amide bonds. The maximum absolute atomic E-state index is 11.3. The number of hydrazine groups is 1. The normalized spacial score (nSPS) is 10.6. The van der Waals surface area contributed by atoms with E-state index in [2.05, 4.69) is 5.10 Å². The van der Waals surface area contributed by atoms with Gasteiger partial charge in [-0.25, -0.2) is 5.84 Å². The molecule has 0 bridgehead atoms. The van der Waals surface area contributed by atoms with Crippen LogP contribution in [0.2, 0.25) is 5.02 Å². The zero-order valence-electron chi connectivity index (χ0n) is 10.3. The van der Waals surface area contributed by atoms with Crippen molar-refractivity contribution in [1.82, 2.24) is 15.2 Å². The first-order valence-corrected chi connectivity index (χ1v) is 5.77. The van der Waals surface area contributed by atoms with Crippen molar-refractivity contribution < 1.29 is 14.1 Å². The summed E-state index contributed by atoms with van der Waals surface area (Å²) in [7, 11) is 0. The van der Waals surface area contributed by atoms with Gasteiger partial charge in [-0.2, -0.15) is 4.68 Å². The van der Waals surface area contributed by atoms with Crippen LogP contribution >= 0.6 is 11.6 Å². The minimum Gasteiger partial charge on any atom is -0.456 e. The lowest BCUT2D eigenvalue weighted by molar-refractivity contribution is -0.389. The number of amides is 1. The van der Waals surface area contributed by atoms with Gasteiger partial charge in [0.15, 0.2) is 10.8 Å². The molecule has 106 valence electrons. The molecule has 2 aromatic rings. The van der Waals surface area contributed by atoms with Crippen LogP contribution in [-0.2, 0) is 6.54 Å². The van der Waals surface area contributed by atoms with Crippen molar-refractivity contribution in [3.05, 3.63) is 44.5 Å². The van der Waals surface area contributed by atoms with Gasteiger partial charge in [0.25, 0.3) is 0 Å². The lowest BCUT2D eigenvalue weighted by atomic mass is 10.2. The molecule has 10 heteroatoms. The third-order valence-corrected chi connectivity index (χ3v) is 2.85. The van der Waals surface area contributed by atoms with Crippen LogP contribution in [0.4, 0.5) is 5.82 Å². The predicted octanol–water partition coefficient (Wildman–Crippen LogP) is 0.998. The molecule has 0 fully saturated rings. The third kappa shape index (κ3) is 2.63. The number of nitrogens with two attached hydrogens (primary N) is 1. The topological polar surface area (TPSA) is 129 Å². The van der Waals surface area contributed by atoms with E-state index in [4.69, 9.17) is 21.9 Å². The number of carbonyl (C=O) groups is 1. The lowest BCUT2D eigenvalue weighted by Gasteiger charge is -1.94. The second-order valence-corrected chi connectivity index (χ2v) is 4.33. The zero-order valence-corrected chi connectivity index (χ0v) is 11.0. The molecule has 0 saturated carbocycles. The van der Waals surface area contributed by atoms with Gasteiger partial charge >= 0.3 is 11.7 Å². The van der Waals surface area contributed by atoms with E-state index in [9.17, 15) is 14.9 Å². The van der Waals surface area contributed by atoms with Crippen LogP contribution in [-0.4, -0.2) is 20.6 Å².